The van der Waals surface area contributed by atoms with Crippen LogP contribution in [0, 0.1) is 0 Å². The lowest BCUT2D eigenvalue weighted by atomic mass is 10.1. The zero-order chi connectivity index (χ0) is 44.9. The number of rotatable bonds is 39. The summed E-state index contributed by atoms with van der Waals surface area (Å²) in [6.45, 7) is 4.36. The van der Waals surface area contributed by atoms with Gasteiger partial charge in [0.15, 0.2) is 6.10 Å². The summed E-state index contributed by atoms with van der Waals surface area (Å²) in [5.74, 6) is -1.92. The topological polar surface area (TPSA) is 102 Å². The summed E-state index contributed by atoms with van der Waals surface area (Å²) in [5.41, 5.74) is 0. The molecular formula is C53H83NO7. The maximum Gasteiger partial charge on any atom is 0.306 e. The van der Waals surface area contributed by atoms with Crippen molar-refractivity contribution >= 4 is 17.9 Å². The Morgan fingerprint density at radius 1 is 0.508 bits per heavy atom. The molecule has 342 valence electrons. The molecule has 0 aromatic heterocycles. The summed E-state index contributed by atoms with van der Waals surface area (Å²) in [6, 6.07) is -0.753. The van der Waals surface area contributed by atoms with Gasteiger partial charge in [0.05, 0.1) is 40.3 Å². The number of hydrogen-bond acceptors (Lipinski definition) is 7. The molecule has 2 atom stereocenters. The number of carbonyl (C=O) groups excluding carboxylic acids is 3. The molecule has 0 bridgehead atoms. The molecule has 61 heavy (non-hydrogen) atoms. The van der Waals surface area contributed by atoms with Gasteiger partial charge in [-0.3, -0.25) is 9.59 Å². The lowest BCUT2D eigenvalue weighted by Crippen LogP contribution is -2.55. The number of nitrogens with zero attached hydrogens (tertiary/aromatic N) is 1. The summed E-state index contributed by atoms with van der Waals surface area (Å²) in [7, 11) is 5.35. The van der Waals surface area contributed by atoms with Crippen molar-refractivity contribution in [3.63, 3.8) is 0 Å². The second-order valence-electron chi connectivity index (χ2n) is 15.9. The molecular weight excluding hydrogens is 763 g/mol. The van der Waals surface area contributed by atoms with Gasteiger partial charge in [0.2, 0.25) is 0 Å². The number of hydrogen-bond donors (Lipinski definition) is 0. The SMILES string of the molecule is CC/C=C/C/C=C/C/C=C/C/C=C/C/C=C/CCC(=O)OC(COCCC(C(=O)[O-])[N+](C)(C)C)COC(=O)CCCC/C=C/C/C=C/C/C=C/C/C=C/C/C=C/CCCCC. The van der Waals surface area contributed by atoms with Crippen molar-refractivity contribution in [1.82, 2.24) is 0 Å². The third-order valence-electron chi connectivity index (χ3n) is 9.35. The molecule has 0 aromatic carbocycles. The number of carboxylic acid groups (broad SMARTS) is 1. The molecule has 0 fully saturated rings. The second-order valence-corrected chi connectivity index (χ2v) is 15.9. The zero-order valence-electron chi connectivity index (χ0n) is 38.8. The van der Waals surface area contributed by atoms with Gasteiger partial charge in [-0.2, -0.15) is 0 Å². The van der Waals surface area contributed by atoms with Crippen LogP contribution in [0.2, 0.25) is 0 Å². The monoisotopic (exact) mass is 846 g/mol. The number of aliphatic carboxylic acids is 1. The van der Waals surface area contributed by atoms with Crippen molar-refractivity contribution < 1.29 is 38.2 Å². The van der Waals surface area contributed by atoms with E-state index in [1.807, 2.05) is 12.2 Å². The average molecular weight is 846 g/mol. The van der Waals surface area contributed by atoms with E-state index in [0.29, 0.717) is 12.8 Å². The van der Waals surface area contributed by atoms with E-state index in [0.717, 1.165) is 70.6 Å². The molecule has 0 N–H and O–H groups in total. The van der Waals surface area contributed by atoms with Crippen molar-refractivity contribution in [3.8, 4) is 0 Å². The van der Waals surface area contributed by atoms with Gasteiger partial charge in [0, 0.05) is 19.3 Å². The Morgan fingerprint density at radius 2 is 0.934 bits per heavy atom. The van der Waals surface area contributed by atoms with Crippen LogP contribution >= 0.6 is 0 Å². The van der Waals surface area contributed by atoms with E-state index in [-0.39, 0.29) is 49.5 Å². The normalized spacial score (nSPS) is 14.0. The molecule has 8 nitrogen and oxygen atoms in total. The molecule has 0 aliphatic heterocycles. The molecule has 8 heteroatoms. The minimum Gasteiger partial charge on any atom is -0.544 e. The van der Waals surface area contributed by atoms with Crippen LogP contribution < -0.4 is 5.11 Å². The van der Waals surface area contributed by atoms with Crippen LogP contribution in [0.3, 0.4) is 0 Å². The molecule has 0 aliphatic rings. The van der Waals surface area contributed by atoms with Gasteiger partial charge in [0.1, 0.15) is 12.6 Å². The molecule has 0 saturated carbocycles. The highest BCUT2D eigenvalue weighted by atomic mass is 16.6. The van der Waals surface area contributed by atoms with E-state index in [1.54, 1.807) is 21.1 Å². The van der Waals surface area contributed by atoms with Gasteiger partial charge in [-0.15, -0.1) is 0 Å². The summed E-state index contributed by atoms with van der Waals surface area (Å²) in [6.07, 6.45) is 59.6. The van der Waals surface area contributed by atoms with E-state index in [4.69, 9.17) is 14.2 Å². The van der Waals surface area contributed by atoms with Gasteiger partial charge in [-0.05, 0) is 96.3 Å². The van der Waals surface area contributed by atoms with E-state index < -0.39 is 24.1 Å². The number of ether oxygens (including phenoxy) is 3. The Kier molecular flexibility index (Phi) is 39.5. The number of esters is 2. The third kappa shape index (κ3) is 40.9. The van der Waals surface area contributed by atoms with E-state index in [9.17, 15) is 19.5 Å². The van der Waals surface area contributed by atoms with E-state index in [1.165, 1.54) is 25.7 Å². The zero-order valence-corrected chi connectivity index (χ0v) is 38.8. The Balaban J connectivity index is 4.53. The number of allylic oxidation sites excluding steroid dienone is 20. The minimum absolute atomic E-state index is 0.0121. The van der Waals surface area contributed by atoms with Crippen LogP contribution in [0.1, 0.15) is 142 Å². The molecule has 0 spiro atoms. The van der Waals surface area contributed by atoms with Crippen LogP contribution in [0.15, 0.2) is 122 Å². The van der Waals surface area contributed by atoms with Gasteiger partial charge >= 0.3 is 11.9 Å². The molecule has 0 rings (SSSR count). The fraction of sp³-hybridized carbons (Fsp3) is 0.566. The van der Waals surface area contributed by atoms with Gasteiger partial charge in [-0.25, -0.2) is 0 Å². The largest absolute Gasteiger partial charge is 0.544 e. The van der Waals surface area contributed by atoms with Crippen LogP contribution in [-0.2, 0) is 28.6 Å². The van der Waals surface area contributed by atoms with Crippen LogP contribution in [0.25, 0.3) is 0 Å². The minimum atomic E-state index is -1.15. The summed E-state index contributed by atoms with van der Waals surface area (Å²) in [4.78, 5) is 36.9. The van der Waals surface area contributed by atoms with Crippen molar-refractivity contribution in [2.24, 2.45) is 0 Å². The summed E-state index contributed by atoms with van der Waals surface area (Å²) >= 11 is 0. The van der Waals surface area contributed by atoms with Crippen LogP contribution in [0.4, 0.5) is 0 Å². The van der Waals surface area contributed by atoms with Crippen molar-refractivity contribution in [1.29, 1.82) is 0 Å². The van der Waals surface area contributed by atoms with Crippen molar-refractivity contribution in [2.45, 2.75) is 154 Å². The number of quaternary nitrogens is 1. The van der Waals surface area contributed by atoms with Crippen LogP contribution in [0.5, 0.6) is 0 Å². The standard InChI is InChI=1S/C53H83NO7/c1-6-8-10-12-14-16-18-20-22-24-25-26-27-28-30-31-33-35-37-39-41-43-51(55)60-48-49(47-59-46-45-50(53(57)58)54(3,4)5)61-52(56)44-42-40-38-36-34-32-29-23-21-19-17-15-13-11-9-7-2/h9,11,14-17,20-23,25-26,28,30,32-35,38,40,49-50H,6-8,10,12-13,18-19,24,27,29,31,36-37,39,41-48H2,1-5H3/b11-9+,16-14+,17-15+,22-20+,23-21+,26-25+,30-28+,34-32+,35-33+,40-38+. The molecule has 0 aliphatic carbocycles. The first-order valence-electron chi connectivity index (χ1n) is 23.1. The highest BCUT2D eigenvalue weighted by molar-refractivity contribution is 5.70. The molecule has 2 unspecified atom stereocenters. The molecule has 0 aromatic rings. The predicted molar refractivity (Wildman–Crippen MR) is 254 cm³/mol. The van der Waals surface area contributed by atoms with Crippen LogP contribution in [-0.4, -0.2) is 75.5 Å². The lowest BCUT2D eigenvalue weighted by Gasteiger charge is -2.34. The number of unbranched alkanes of at least 4 members (excludes halogenated alkanes) is 5. The molecule has 0 heterocycles. The Labute approximate surface area is 371 Å². The second kappa shape index (κ2) is 42.4. The smallest absolute Gasteiger partial charge is 0.306 e. The molecule has 0 saturated heterocycles. The van der Waals surface area contributed by atoms with Gasteiger partial charge in [-0.1, -0.05) is 148 Å². The summed E-state index contributed by atoms with van der Waals surface area (Å²) < 4.78 is 17.0. The Morgan fingerprint density at radius 3 is 1.36 bits per heavy atom. The first-order valence-corrected chi connectivity index (χ1v) is 23.1. The maximum atomic E-state index is 12.7. The quantitative estimate of drug-likeness (QED) is 0.0263. The molecule has 0 radical (unpaired) electrons. The first kappa shape index (κ1) is 56.7. The number of carbonyl (C=O) groups is 3. The van der Waals surface area contributed by atoms with E-state index in [2.05, 4.69) is 123 Å². The third-order valence-corrected chi connectivity index (χ3v) is 9.35. The van der Waals surface area contributed by atoms with Crippen molar-refractivity contribution in [2.75, 3.05) is 41.0 Å². The molecule has 0 amide bonds. The average Bonchev–Trinajstić information content (AvgIpc) is 3.22. The highest BCUT2D eigenvalue weighted by Crippen LogP contribution is 2.10. The van der Waals surface area contributed by atoms with Gasteiger partial charge in [0.25, 0.3) is 0 Å². The predicted octanol–water partition coefficient (Wildman–Crippen LogP) is 11.7. The maximum absolute atomic E-state index is 12.7. The highest BCUT2D eigenvalue weighted by Gasteiger charge is 2.25. The Hall–Kier alpha value is -4.27. The van der Waals surface area contributed by atoms with Crippen molar-refractivity contribution in [3.05, 3.63) is 122 Å². The van der Waals surface area contributed by atoms with Gasteiger partial charge < -0.3 is 28.6 Å². The Bertz CT molecular complexity index is 1400. The fourth-order valence-electron chi connectivity index (χ4n) is 5.78. The number of carboxylic acids is 1. The number of likely N-dealkylation sites (N-methyl/N-ethyl adjacent to an activating group) is 1. The van der Waals surface area contributed by atoms with E-state index >= 15 is 0 Å². The summed E-state index contributed by atoms with van der Waals surface area (Å²) in [5, 5.41) is 11.6. The fourth-order valence-corrected chi connectivity index (χ4v) is 5.78. The first-order chi connectivity index (χ1) is 29.6. The lowest BCUT2D eigenvalue weighted by molar-refractivity contribution is -0.889.